The number of carboxylic acid groups (broad SMARTS) is 1. The Balaban J connectivity index is 2.03. The molecular formula is C18H28O3. The highest BCUT2D eigenvalue weighted by Crippen LogP contribution is 2.14. The minimum atomic E-state index is -0.803. The highest BCUT2D eigenvalue weighted by atomic mass is 16.5. The van der Waals surface area contributed by atoms with E-state index in [-0.39, 0.29) is 6.42 Å². The molecule has 0 atom stereocenters. The summed E-state index contributed by atoms with van der Waals surface area (Å²) in [5, 5.41) is 8.70. The molecule has 0 aliphatic heterocycles. The number of rotatable bonds is 12. The maximum Gasteiger partial charge on any atom is 0.307 e. The van der Waals surface area contributed by atoms with Gasteiger partial charge in [0.05, 0.1) is 13.0 Å². The molecule has 0 saturated heterocycles. The molecule has 0 fully saturated rings. The molecule has 0 amide bonds. The Morgan fingerprint density at radius 3 is 2.10 bits per heavy atom. The zero-order chi connectivity index (χ0) is 15.3. The maximum absolute atomic E-state index is 10.6. The second-order valence-corrected chi connectivity index (χ2v) is 5.54. The van der Waals surface area contributed by atoms with Crippen molar-refractivity contribution in [2.75, 3.05) is 6.61 Å². The van der Waals surface area contributed by atoms with Crippen LogP contribution in [0.15, 0.2) is 24.3 Å². The van der Waals surface area contributed by atoms with Crippen molar-refractivity contribution in [2.45, 2.75) is 64.7 Å². The third-order valence-electron chi connectivity index (χ3n) is 3.55. The van der Waals surface area contributed by atoms with Gasteiger partial charge in [-0.15, -0.1) is 0 Å². The molecule has 3 heteroatoms. The summed E-state index contributed by atoms with van der Waals surface area (Å²) in [7, 11) is 0. The summed E-state index contributed by atoms with van der Waals surface area (Å²) in [5.74, 6) is 0.0229. The van der Waals surface area contributed by atoms with Crippen molar-refractivity contribution in [2.24, 2.45) is 0 Å². The molecule has 0 aromatic heterocycles. The van der Waals surface area contributed by atoms with Crippen LogP contribution in [0, 0.1) is 0 Å². The van der Waals surface area contributed by atoms with E-state index in [4.69, 9.17) is 9.84 Å². The fourth-order valence-corrected chi connectivity index (χ4v) is 2.30. The summed E-state index contributed by atoms with van der Waals surface area (Å²) >= 11 is 0. The smallest absolute Gasteiger partial charge is 0.307 e. The first-order valence-electron chi connectivity index (χ1n) is 8.16. The summed E-state index contributed by atoms with van der Waals surface area (Å²) in [5.41, 5.74) is 0.807. The summed E-state index contributed by atoms with van der Waals surface area (Å²) in [6.45, 7) is 2.98. The third kappa shape index (κ3) is 9.11. The van der Waals surface area contributed by atoms with E-state index < -0.39 is 5.97 Å². The largest absolute Gasteiger partial charge is 0.494 e. The second kappa shape index (κ2) is 11.2. The van der Waals surface area contributed by atoms with Crippen molar-refractivity contribution in [3.63, 3.8) is 0 Å². The number of aliphatic carboxylic acids is 1. The molecule has 118 valence electrons. The van der Waals surface area contributed by atoms with Crippen LogP contribution in [-0.2, 0) is 11.2 Å². The summed E-state index contributed by atoms with van der Waals surface area (Å²) < 4.78 is 5.66. The van der Waals surface area contributed by atoms with Gasteiger partial charge in [0, 0.05) is 0 Å². The van der Waals surface area contributed by atoms with E-state index in [1.807, 2.05) is 24.3 Å². The quantitative estimate of drug-likeness (QED) is 0.561. The first-order chi connectivity index (χ1) is 10.2. The van der Waals surface area contributed by atoms with Gasteiger partial charge in [0.2, 0.25) is 0 Å². The summed E-state index contributed by atoms with van der Waals surface area (Å²) in [6.07, 6.45) is 10.4. The lowest BCUT2D eigenvalue weighted by atomic mass is 10.1. The van der Waals surface area contributed by atoms with Gasteiger partial charge in [0.1, 0.15) is 5.75 Å². The lowest BCUT2D eigenvalue weighted by Crippen LogP contribution is -2.00. The van der Waals surface area contributed by atoms with Crippen LogP contribution < -0.4 is 4.74 Å². The number of unbranched alkanes of at least 4 members (excludes halogenated alkanes) is 7. The molecule has 0 spiro atoms. The lowest BCUT2D eigenvalue weighted by Gasteiger charge is -2.07. The SMILES string of the molecule is CCCCCCCCCCOc1ccc(CC(=O)O)cc1. The summed E-state index contributed by atoms with van der Waals surface area (Å²) in [6, 6.07) is 7.33. The van der Waals surface area contributed by atoms with Crippen molar-refractivity contribution in [1.29, 1.82) is 0 Å². The average molecular weight is 292 g/mol. The van der Waals surface area contributed by atoms with Crippen molar-refractivity contribution in [3.05, 3.63) is 29.8 Å². The van der Waals surface area contributed by atoms with Crippen molar-refractivity contribution >= 4 is 5.97 Å². The number of hydrogen-bond donors (Lipinski definition) is 1. The standard InChI is InChI=1S/C18H28O3/c1-2-3-4-5-6-7-8-9-14-21-17-12-10-16(11-13-17)15-18(19)20/h10-13H,2-9,14-15H2,1H3,(H,19,20). The molecule has 0 bridgehead atoms. The molecular weight excluding hydrogens is 264 g/mol. The fraction of sp³-hybridized carbons (Fsp3) is 0.611. The Bertz CT molecular complexity index is 384. The van der Waals surface area contributed by atoms with E-state index in [9.17, 15) is 4.79 Å². The van der Waals surface area contributed by atoms with Crippen LogP contribution >= 0.6 is 0 Å². The van der Waals surface area contributed by atoms with E-state index in [1.54, 1.807) is 0 Å². The van der Waals surface area contributed by atoms with Gasteiger partial charge in [-0.2, -0.15) is 0 Å². The Labute approximate surface area is 128 Å². The van der Waals surface area contributed by atoms with Crippen LogP contribution in [0.3, 0.4) is 0 Å². The van der Waals surface area contributed by atoms with Gasteiger partial charge < -0.3 is 9.84 Å². The Morgan fingerprint density at radius 2 is 1.52 bits per heavy atom. The minimum Gasteiger partial charge on any atom is -0.494 e. The van der Waals surface area contributed by atoms with Crippen LogP contribution in [-0.4, -0.2) is 17.7 Å². The van der Waals surface area contributed by atoms with E-state index in [0.29, 0.717) is 0 Å². The molecule has 1 N–H and O–H groups in total. The number of carboxylic acids is 1. The predicted octanol–water partition coefficient (Wildman–Crippen LogP) is 4.83. The lowest BCUT2D eigenvalue weighted by molar-refractivity contribution is -0.136. The van der Waals surface area contributed by atoms with Gasteiger partial charge >= 0.3 is 5.97 Å². The first kappa shape index (κ1) is 17.5. The second-order valence-electron chi connectivity index (χ2n) is 5.54. The number of carbonyl (C=O) groups is 1. The Morgan fingerprint density at radius 1 is 0.952 bits per heavy atom. The highest BCUT2D eigenvalue weighted by molar-refractivity contribution is 5.70. The maximum atomic E-state index is 10.6. The Hall–Kier alpha value is -1.51. The van der Waals surface area contributed by atoms with Crippen LogP contribution in [0.2, 0.25) is 0 Å². The fourth-order valence-electron chi connectivity index (χ4n) is 2.30. The minimum absolute atomic E-state index is 0.0678. The van der Waals surface area contributed by atoms with Crippen LogP contribution in [0.5, 0.6) is 5.75 Å². The molecule has 1 rings (SSSR count). The number of ether oxygens (including phenoxy) is 1. The van der Waals surface area contributed by atoms with E-state index >= 15 is 0 Å². The molecule has 0 aliphatic rings. The van der Waals surface area contributed by atoms with Crippen molar-refractivity contribution in [1.82, 2.24) is 0 Å². The van der Waals surface area contributed by atoms with E-state index in [1.165, 1.54) is 44.9 Å². The summed E-state index contributed by atoms with van der Waals surface area (Å²) in [4.78, 5) is 10.6. The molecule has 1 aromatic carbocycles. The van der Waals surface area contributed by atoms with Gasteiger partial charge in [0.25, 0.3) is 0 Å². The molecule has 0 unspecified atom stereocenters. The van der Waals surface area contributed by atoms with Crippen molar-refractivity contribution in [3.8, 4) is 5.75 Å². The Kier molecular flexibility index (Phi) is 9.34. The number of hydrogen-bond acceptors (Lipinski definition) is 2. The molecule has 0 aliphatic carbocycles. The van der Waals surface area contributed by atoms with Gasteiger partial charge in [-0.1, -0.05) is 64.0 Å². The van der Waals surface area contributed by atoms with E-state index in [2.05, 4.69) is 6.92 Å². The zero-order valence-electron chi connectivity index (χ0n) is 13.1. The molecule has 3 nitrogen and oxygen atoms in total. The zero-order valence-corrected chi connectivity index (χ0v) is 13.1. The third-order valence-corrected chi connectivity index (χ3v) is 3.55. The first-order valence-corrected chi connectivity index (χ1v) is 8.16. The van der Waals surface area contributed by atoms with Gasteiger partial charge in [0.15, 0.2) is 0 Å². The molecule has 0 radical (unpaired) electrons. The van der Waals surface area contributed by atoms with Gasteiger partial charge in [-0.25, -0.2) is 0 Å². The van der Waals surface area contributed by atoms with Crippen LogP contribution in [0.25, 0.3) is 0 Å². The van der Waals surface area contributed by atoms with E-state index in [0.717, 1.165) is 24.3 Å². The average Bonchev–Trinajstić information content (AvgIpc) is 2.47. The highest BCUT2D eigenvalue weighted by Gasteiger charge is 2.00. The molecule has 0 saturated carbocycles. The molecule has 21 heavy (non-hydrogen) atoms. The van der Waals surface area contributed by atoms with Crippen molar-refractivity contribution < 1.29 is 14.6 Å². The molecule has 0 heterocycles. The molecule has 1 aromatic rings. The predicted molar refractivity (Wildman–Crippen MR) is 85.9 cm³/mol. The monoisotopic (exact) mass is 292 g/mol. The van der Waals surface area contributed by atoms with Crippen LogP contribution in [0.1, 0.15) is 63.9 Å². The normalized spacial score (nSPS) is 10.5. The topological polar surface area (TPSA) is 46.5 Å². The van der Waals surface area contributed by atoms with Gasteiger partial charge in [-0.3, -0.25) is 4.79 Å². The van der Waals surface area contributed by atoms with Gasteiger partial charge in [-0.05, 0) is 24.1 Å². The number of benzene rings is 1. The van der Waals surface area contributed by atoms with Crippen LogP contribution in [0.4, 0.5) is 0 Å².